The van der Waals surface area contributed by atoms with Crippen LogP contribution in [0.1, 0.15) is 76.7 Å². The van der Waals surface area contributed by atoms with Crippen molar-refractivity contribution >= 4 is 0 Å². The first-order valence-corrected chi connectivity index (χ1v) is 11.0. The Labute approximate surface area is 170 Å². The molecule has 162 valence electrons. The molecule has 0 heterocycles. The van der Waals surface area contributed by atoms with Crippen molar-refractivity contribution < 1.29 is 24.7 Å². The lowest BCUT2D eigenvalue weighted by Gasteiger charge is -2.11. The maximum Gasteiger partial charge on any atom is 0.165 e. The topological polar surface area (TPSA) is 68.2 Å². The van der Waals surface area contributed by atoms with Crippen LogP contribution in [-0.4, -0.2) is 42.7 Å². The van der Waals surface area contributed by atoms with Gasteiger partial charge in [0.2, 0.25) is 0 Å². The van der Waals surface area contributed by atoms with Gasteiger partial charge in [0.25, 0.3) is 0 Å². The molecule has 1 aromatic rings. The molecule has 0 spiro atoms. The average molecular weight is 397 g/mol. The first-order chi connectivity index (χ1) is 13.8. The van der Waals surface area contributed by atoms with Crippen LogP contribution in [-0.2, 0) is 16.0 Å². The summed E-state index contributed by atoms with van der Waals surface area (Å²) >= 11 is 0. The maximum atomic E-state index is 9.61. The zero-order chi connectivity index (χ0) is 20.3. The number of hydrogen-bond donors (Lipinski definition) is 2. The molecule has 0 aliphatic rings. The monoisotopic (exact) mass is 396 g/mol. The van der Waals surface area contributed by atoms with Crippen LogP contribution in [0.5, 0.6) is 5.75 Å². The van der Waals surface area contributed by atoms with Gasteiger partial charge in [-0.25, -0.2) is 0 Å². The predicted molar refractivity (Wildman–Crippen MR) is 112 cm³/mol. The summed E-state index contributed by atoms with van der Waals surface area (Å²) in [6.45, 7) is 2.54. The van der Waals surface area contributed by atoms with Gasteiger partial charge in [0, 0.05) is 0 Å². The number of aryl methyl sites for hydroxylation is 1. The lowest BCUT2D eigenvalue weighted by molar-refractivity contribution is -0.227. The minimum atomic E-state index is -0.776. The Morgan fingerprint density at radius 3 is 2.04 bits per heavy atom. The molecule has 0 saturated heterocycles. The summed E-state index contributed by atoms with van der Waals surface area (Å²) in [5.74, 6) is 0.621. The molecule has 0 saturated carbocycles. The van der Waals surface area contributed by atoms with Gasteiger partial charge in [-0.15, -0.1) is 0 Å². The van der Waals surface area contributed by atoms with Crippen molar-refractivity contribution in [2.75, 3.05) is 26.4 Å². The van der Waals surface area contributed by atoms with Gasteiger partial charge in [0.1, 0.15) is 12.7 Å². The zero-order valence-corrected chi connectivity index (χ0v) is 17.6. The van der Waals surface area contributed by atoms with E-state index >= 15 is 0 Å². The molecule has 0 aliphatic carbocycles. The van der Waals surface area contributed by atoms with Crippen LogP contribution in [0.4, 0.5) is 0 Å². The first-order valence-electron chi connectivity index (χ1n) is 11.0. The van der Waals surface area contributed by atoms with Gasteiger partial charge < -0.3 is 19.8 Å². The van der Waals surface area contributed by atoms with Crippen LogP contribution < -0.4 is 4.89 Å². The second-order valence-electron chi connectivity index (χ2n) is 7.40. The molecule has 2 N–H and O–H groups in total. The highest BCUT2D eigenvalue weighted by Gasteiger charge is 2.06. The molecule has 28 heavy (non-hydrogen) atoms. The van der Waals surface area contributed by atoms with Gasteiger partial charge in [0.15, 0.2) is 5.75 Å². The number of unbranched alkanes of at least 4 members (excludes halogenated alkanes) is 9. The Kier molecular flexibility index (Phi) is 15.9. The van der Waals surface area contributed by atoms with E-state index < -0.39 is 6.10 Å². The van der Waals surface area contributed by atoms with E-state index in [-0.39, 0.29) is 26.4 Å². The number of aliphatic hydroxyl groups is 2. The molecule has 1 unspecified atom stereocenters. The summed E-state index contributed by atoms with van der Waals surface area (Å²) < 4.78 is 5.02. The molecule has 0 radical (unpaired) electrons. The SMILES string of the molecule is CCCCCCCCCCCCc1ccc(OOCC(O)COCCO)cc1. The van der Waals surface area contributed by atoms with Crippen molar-refractivity contribution in [3.05, 3.63) is 29.8 Å². The van der Waals surface area contributed by atoms with Gasteiger partial charge in [-0.3, -0.25) is 0 Å². The average Bonchev–Trinajstić information content (AvgIpc) is 2.71. The highest BCUT2D eigenvalue weighted by molar-refractivity contribution is 5.26. The minimum Gasteiger partial charge on any atom is -0.394 e. The predicted octanol–water partition coefficient (Wildman–Crippen LogP) is 4.83. The third kappa shape index (κ3) is 13.9. The van der Waals surface area contributed by atoms with E-state index in [9.17, 15) is 5.11 Å². The summed E-state index contributed by atoms with van der Waals surface area (Å²) in [6.07, 6.45) is 13.9. The number of ether oxygens (including phenoxy) is 1. The number of rotatable bonds is 19. The van der Waals surface area contributed by atoms with Gasteiger partial charge >= 0.3 is 0 Å². The van der Waals surface area contributed by atoms with Crippen LogP contribution in [0.3, 0.4) is 0 Å². The summed E-state index contributed by atoms with van der Waals surface area (Å²) in [5, 5.41) is 18.2. The molecule has 0 aliphatic heterocycles. The van der Waals surface area contributed by atoms with Gasteiger partial charge in [0.05, 0.1) is 19.8 Å². The largest absolute Gasteiger partial charge is 0.394 e. The van der Waals surface area contributed by atoms with Crippen molar-refractivity contribution in [3.63, 3.8) is 0 Å². The van der Waals surface area contributed by atoms with E-state index in [1.54, 1.807) is 0 Å². The number of hydrogen-bond acceptors (Lipinski definition) is 5. The second kappa shape index (κ2) is 17.9. The molecule has 1 atom stereocenters. The van der Waals surface area contributed by atoms with E-state index in [0.717, 1.165) is 6.42 Å². The normalized spacial score (nSPS) is 12.2. The Hall–Kier alpha value is -1.14. The Morgan fingerprint density at radius 2 is 1.43 bits per heavy atom. The number of benzene rings is 1. The molecule has 1 aromatic carbocycles. The van der Waals surface area contributed by atoms with Gasteiger partial charge in [-0.1, -0.05) is 76.8 Å². The number of aliphatic hydroxyl groups excluding tert-OH is 2. The molecule has 0 bridgehead atoms. The molecule has 1 rings (SSSR count). The molecule has 0 aromatic heterocycles. The highest BCUT2D eigenvalue weighted by atomic mass is 17.2. The van der Waals surface area contributed by atoms with Crippen molar-refractivity contribution in [2.24, 2.45) is 0 Å². The van der Waals surface area contributed by atoms with Crippen LogP contribution in [0.2, 0.25) is 0 Å². The van der Waals surface area contributed by atoms with E-state index in [1.807, 2.05) is 12.1 Å². The first kappa shape index (κ1) is 24.9. The Morgan fingerprint density at radius 1 is 0.821 bits per heavy atom. The van der Waals surface area contributed by atoms with Crippen molar-refractivity contribution in [1.82, 2.24) is 0 Å². The van der Waals surface area contributed by atoms with E-state index in [4.69, 9.17) is 19.6 Å². The lowest BCUT2D eigenvalue weighted by Crippen LogP contribution is -2.23. The standard InChI is InChI=1S/C23H40O5/c1-2-3-4-5-6-7-8-9-10-11-12-21-13-15-23(16-14-21)28-27-20-22(25)19-26-18-17-24/h13-16,22,24-25H,2-12,17-20H2,1H3. The Bertz CT molecular complexity index is 449. The van der Waals surface area contributed by atoms with Crippen molar-refractivity contribution in [1.29, 1.82) is 0 Å². The van der Waals surface area contributed by atoms with Crippen molar-refractivity contribution in [3.8, 4) is 5.75 Å². The fourth-order valence-electron chi connectivity index (χ4n) is 3.04. The zero-order valence-electron chi connectivity index (χ0n) is 17.6. The molecule has 5 nitrogen and oxygen atoms in total. The molecular formula is C23H40O5. The van der Waals surface area contributed by atoms with E-state index in [1.165, 1.54) is 69.8 Å². The highest BCUT2D eigenvalue weighted by Crippen LogP contribution is 2.16. The van der Waals surface area contributed by atoms with Crippen LogP contribution >= 0.6 is 0 Å². The minimum absolute atomic E-state index is 0.0196. The van der Waals surface area contributed by atoms with E-state index in [0.29, 0.717) is 5.75 Å². The summed E-state index contributed by atoms with van der Waals surface area (Å²) in [5.41, 5.74) is 1.31. The third-order valence-corrected chi connectivity index (χ3v) is 4.70. The quantitative estimate of drug-likeness (QED) is 0.199. The second-order valence-corrected chi connectivity index (χ2v) is 7.40. The fraction of sp³-hybridized carbons (Fsp3) is 0.739. The molecular weight excluding hydrogens is 356 g/mol. The third-order valence-electron chi connectivity index (χ3n) is 4.70. The summed E-state index contributed by atoms with van der Waals surface area (Å²) in [6, 6.07) is 7.90. The summed E-state index contributed by atoms with van der Waals surface area (Å²) in [4.78, 5) is 10.2. The Balaban J connectivity index is 2.01. The molecule has 5 heteroatoms. The van der Waals surface area contributed by atoms with Gasteiger partial charge in [-0.05, 0) is 30.5 Å². The van der Waals surface area contributed by atoms with Crippen LogP contribution in [0, 0.1) is 0 Å². The lowest BCUT2D eigenvalue weighted by atomic mass is 10.0. The summed E-state index contributed by atoms with van der Waals surface area (Å²) in [7, 11) is 0. The maximum absolute atomic E-state index is 9.61. The van der Waals surface area contributed by atoms with Gasteiger partial charge in [-0.2, -0.15) is 4.89 Å². The van der Waals surface area contributed by atoms with Crippen LogP contribution in [0.15, 0.2) is 24.3 Å². The fourth-order valence-corrected chi connectivity index (χ4v) is 3.04. The van der Waals surface area contributed by atoms with E-state index in [2.05, 4.69) is 19.1 Å². The van der Waals surface area contributed by atoms with Crippen LogP contribution in [0.25, 0.3) is 0 Å². The van der Waals surface area contributed by atoms with Crippen molar-refractivity contribution in [2.45, 2.75) is 83.7 Å². The molecule has 0 fully saturated rings. The smallest absolute Gasteiger partial charge is 0.165 e. The molecule has 0 amide bonds.